The Kier molecular flexibility index (Phi) is 2.49. The average Bonchev–Trinajstić information content (AvgIpc) is 2.24. The molecule has 1 atom stereocenters. The normalized spacial score (nSPS) is 25.9. The zero-order valence-electron chi connectivity index (χ0n) is 7.76. The van der Waals surface area contributed by atoms with Crippen LogP contribution in [0.1, 0.15) is 13.8 Å². The van der Waals surface area contributed by atoms with Crippen LogP contribution in [0.25, 0.3) is 0 Å². The number of nitrogens with one attached hydrogen (secondary N) is 1. The molecule has 1 rings (SSSR count). The monoisotopic (exact) mass is 204 g/mol. The molecule has 4 N–H and O–H groups in total. The first kappa shape index (κ1) is 10.9. The van der Waals surface area contributed by atoms with Gasteiger partial charge >= 0.3 is 5.97 Å². The minimum absolute atomic E-state index is 0.356. The fraction of sp³-hybridized carbons (Fsp3) is 0.714. The number of carbonyl (C=O) groups is 2. The molecule has 1 fully saturated rings. The van der Waals surface area contributed by atoms with Crippen molar-refractivity contribution in [1.29, 1.82) is 0 Å². The van der Waals surface area contributed by atoms with Crippen LogP contribution < -0.4 is 5.43 Å². The number of carboxylic acid groups (broad SMARTS) is 1. The van der Waals surface area contributed by atoms with Gasteiger partial charge < -0.3 is 15.3 Å². The van der Waals surface area contributed by atoms with E-state index < -0.39 is 23.7 Å². The first-order valence-electron chi connectivity index (χ1n) is 4.06. The lowest BCUT2D eigenvalue weighted by Gasteiger charge is -2.20. The van der Waals surface area contributed by atoms with Crippen LogP contribution in [0.2, 0.25) is 0 Å². The van der Waals surface area contributed by atoms with Crippen LogP contribution in [0.4, 0.5) is 0 Å². The molecule has 0 saturated carbocycles. The maximum absolute atomic E-state index is 11.3. The van der Waals surface area contributed by atoms with E-state index in [-0.39, 0.29) is 6.04 Å². The Morgan fingerprint density at radius 3 is 2.29 bits per heavy atom. The Bertz CT molecular complexity index is 275. The number of aliphatic carboxylic acids is 1. The minimum atomic E-state index is -2.88. The summed E-state index contributed by atoms with van der Waals surface area (Å²) in [6.45, 7) is 3.23. The Balaban J connectivity index is 2.97. The molecule has 0 aromatic carbocycles. The molecular formula is C7H12N2O5. The third kappa shape index (κ3) is 1.45. The molecular weight excluding hydrogens is 192 g/mol. The Hall–Kier alpha value is -1.18. The van der Waals surface area contributed by atoms with E-state index >= 15 is 0 Å². The smallest absolute Gasteiger partial charge is 0.328 e. The number of aliphatic hydroxyl groups is 2. The number of hydrazine groups is 1. The van der Waals surface area contributed by atoms with E-state index in [0.717, 1.165) is 5.01 Å². The fourth-order valence-corrected chi connectivity index (χ4v) is 1.20. The SMILES string of the molecule is CC(C)N1NC(C(=O)O)C(O)(O)C1=O. The molecule has 80 valence electrons. The maximum atomic E-state index is 11.3. The van der Waals surface area contributed by atoms with Crippen LogP contribution in [0.5, 0.6) is 0 Å². The van der Waals surface area contributed by atoms with E-state index in [1.165, 1.54) is 0 Å². The van der Waals surface area contributed by atoms with E-state index in [9.17, 15) is 19.8 Å². The molecule has 7 heteroatoms. The van der Waals surface area contributed by atoms with Crippen molar-refractivity contribution in [1.82, 2.24) is 10.4 Å². The average molecular weight is 204 g/mol. The number of hydrogen-bond donors (Lipinski definition) is 4. The molecule has 1 saturated heterocycles. The molecule has 0 bridgehead atoms. The third-order valence-corrected chi connectivity index (χ3v) is 1.97. The molecule has 1 heterocycles. The van der Waals surface area contributed by atoms with Gasteiger partial charge in [-0.05, 0) is 13.8 Å². The summed E-state index contributed by atoms with van der Waals surface area (Å²) in [5.74, 6) is -5.43. The van der Waals surface area contributed by atoms with Crippen molar-refractivity contribution in [3.05, 3.63) is 0 Å². The van der Waals surface area contributed by atoms with Gasteiger partial charge in [-0.3, -0.25) is 14.6 Å². The van der Waals surface area contributed by atoms with Crippen molar-refractivity contribution in [3.63, 3.8) is 0 Å². The van der Waals surface area contributed by atoms with Gasteiger partial charge in [0.1, 0.15) is 0 Å². The number of carboxylic acids is 1. The van der Waals surface area contributed by atoms with Gasteiger partial charge in [0.05, 0.1) is 0 Å². The Morgan fingerprint density at radius 1 is 1.57 bits per heavy atom. The van der Waals surface area contributed by atoms with Crippen molar-refractivity contribution in [2.24, 2.45) is 0 Å². The highest BCUT2D eigenvalue weighted by molar-refractivity contribution is 5.93. The van der Waals surface area contributed by atoms with E-state index in [4.69, 9.17) is 5.11 Å². The third-order valence-electron chi connectivity index (χ3n) is 1.97. The van der Waals surface area contributed by atoms with Crippen LogP contribution in [-0.4, -0.2) is 50.1 Å². The van der Waals surface area contributed by atoms with Crippen molar-refractivity contribution in [3.8, 4) is 0 Å². The second kappa shape index (κ2) is 3.19. The summed E-state index contributed by atoms with van der Waals surface area (Å²) in [4.78, 5) is 21.9. The van der Waals surface area contributed by atoms with Gasteiger partial charge in [-0.2, -0.15) is 0 Å². The van der Waals surface area contributed by atoms with Crippen LogP contribution >= 0.6 is 0 Å². The lowest BCUT2D eigenvalue weighted by atomic mass is 10.1. The van der Waals surface area contributed by atoms with Gasteiger partial charge in [-0.25, -0.2) is 5.43 Å². The first-order valence-corrected chi connectivity index (χ1v) is 4.06. The van der Waals surface area contributed by atoms with Crippen LogP contribution in [-0.2, 0) is 9.59 Å². The summed E-state index contributed by atoms with van der Waals surface area (Å²) in [6, 6.07) is -2.08. The van der Waals surface area contributed by atoms with Crippen LogP contribution in [0.3, 0.4) is 0 Å². The second-order valence-corrected chi connectivity index (χ2v) is 3.40. The number of rotatable bonds is 2. The highest BCUT2D eigenvalue weighted by Gasteiger charge is 2.56. The number of amides is 1. The summed E-state index contributed by atoms with van der Waals surface area (Å²) in [5.41, 5.74) is 2.21. The quantitative estimate of drug-likeness (QED) is 0.383. The van der Waals surface area contributed by atoms with Gasteiger partial charge in [0.25, 0.3) is 11.7 Å². The lowest BCUT2D eigenvalue weighted by molar-refractivity contribution is -0.192. The largest absolute Gasteiger partial charge is 0.480 e. The van der Waals surface area contributed by atoms with Crippen molar-refractivity contribution >= 4 is 11.9 Å². The summed E-state index contributed by atoms with van der Waals surface area (Å²) >= 11 is 0. The van der Waals surface area contributed by atoms with Gasteiger partial charge in [-0.1, -0.05) is 0 Å². The molecule has 0 radical (unpaired) electrons. The highest BCUT2D eigenvalue weighted by atomic mass is 16.5. The minimum Gasteiger partial charge on any atom is -0.480 e. The van der Waals surface area contributed by atoms with Crippen LogP contribution in [0, 0.1) is 0 Å². The molecule has 1 amide bonds. The topological polar surface area (TPSA) is 110 Å². The predicted molar refractivity (Wildman–Crippen MR) is 43.7 cm³/mol. The van der Waals surface area contributed by atoms with Gasteiger partial charge in [0, 0.05) is 6.04 Å². The highest BCUT2D eigenvalue weighted by Crippen LogP contribution is 2.20. The first-order chi connectivity index (χ1) is 6.28. The van der Waals surface area contributed by atoms with E-state index in [1.807, 2.05) is 0 Å². The zero-order chi connectivity index (χ0) is 11.1. The molecule has 1 aliphatic rings. The van der Waals surface area contributed by atoms with E-state index in [2.05, 4.69) is 5.43 Å². The summed E-state index contributed by atoms with van der Waals surface area (Å²) in [7, 11) is 0. The van der Waals surface area contributed by atoms with Gasteiger partial charge in [-0.15, -0.1) is 0 Å². The predicted octanol–water partition coefficient (Wildman–Crippen LogP) is -2.12. The number of nitrogens with zero attached hydrogens (tertiary/aromatic N) is 1. The molecule has 0 aromatic heterocycles. The number of hydrogen-bond acceptors (Lipinski definition) is 5. The van der Waals surface area contributed by atoms with Crippen molar-refractivity contribution < 1.29 is 24.9 Å². The van der Waals surface area contributed by atoms with E-state index in [0.29, 0.717) is 0 Å². The Labute approximate surface area is 79.9 Å². The van der Waals surface area contributed by atoms with Gasteiger partial charge in [0.2, 0.25) is 0 Å². The maximum Gasteiger partial charge on any atom is 0.328 e. The molecule has 7 nitrogen and oxygen atoms in total. The van der Waals surface area contributed by atoms with E-state index in [1.54, 1.807) is 13.8 Å². The molecule has 1 aliphatic heterocycles. The van der Waals surface area contributed by atoms with Crippen LogP contribution in [0.15, 0.2) is 0 Å². The zero-order valence-corrected chi connectivity index (χ0v) is 7.76. The summed E-state index contributed by atoms with van der Waals surface area (Å²) < 4.78 is 0. The summed E-state index contributed by atoms with van der Waals surface area (Å²) in [5, 5.41) is 28.0. The lowest BCUT2D eigenvalue weighted by Crippen LogP contribution is -2.51. The molecule has 0 aromatic rings. The molecule has 0 spiro atoms. The summed E-state index contributed by atoms with van der Waals surface area (Å²) in [6.07, 6.45) is 0. The second-order valence-electron chi connectivity index (χ2n) is 3.40. The number of carbonyl (C=O) groups excluding carboxylic acids is 1. The van der Waals surface area contributed by atoms with Crippen molar-refractivity contribution in [2.75, 3.05) is 0 Å². The standard InChI is InChI=1S/C7H12N2O5/c1-3(2)9-6(12)7(13,14)4(8-9)5(10)11/h3-4,8,13-14H,1-2H3,(H,10,11). The fourth-order valence-electron chi connectivity index (χ4n) is 1.20. The molecule has 1 unspecified atom stereocenters. The van der Waals surface area contributed by atoms with Crippen molar-refractivity contribution in [2.45, 2.75) is 31.7 Å². The molecule has 14 heavy (non-hydrogen) atoms. The van der Waals surface area contributed by atoms with Gasteiger partial charge in [0.15, 0.2) is 6.04 Å². The molecule has 0 aliphatic carbocycles. The Morgan fingerprint density at radius 2 is 2.07 bits per heavy atom.